The van der Waals surface area contributed by atoms with Crippen LogP contribution in [-0.4, -0.2) is 15.0 Å². The van der Waals surface area contributed by atoms with Crippen LogP contribution in [0.5, 0.6) is 0 Å². The molecule has 1 atom stereocenters. The topological polar surface area (TPSA) is 84.7 Å². The molecule has 2 aromatic rings. The van der Waals surface area contributed by atoms with E-state index in [0.29, 0.717) is 10.9 Å². The number of nitrogens with one attached hydrogen (secondary N) is 1. The molecule has 0 aliphatic rings. The molecule has 0 spiro atoms. The van der Waals surface area contributed by atoms with E-state index in [1.165, 1.54) is 17.8 Å². The number of hydrogen-bond acceptors (Lipinski definition) is 5. The Balaban J connectivity index is 2.37. The van der Waals surface area contributed by atoms with Crippen LogP contribution in [0.1, 0.15) is 24.2 Å². The SMILES string of the molecule is Cc1cc(=O)[nH]c(Sc2ncccc2C(C)N)n1. The van der Waals surface area contributed by atoms with Gasteiger partial charge >= 0.3 is 0 Å². The van der Waals surface area contributed by atoms with Crippen molar-refractivity contribution in [2.24, 2.45) is 5.73 Å². The number of pyridine rings is 1. The highest BCUT2D eigenvalue weighted by Gasteiger charge is 2.10. The number of hydrogen-bond donors (Lipinski definition) is 2. The highest BCUT2D eigenvalue weighted by Crippen LogP contribution is 2.27. The van der Waals surface area contributed by atoms with Gasteiger partial charge in [0, 0.05) is 29.6 Å². The van der Waals surface area contributed by atoms with E-state index < -0.39 is 0 Å². The van der Waals surface area contributed by atoms with Crippen molar-refractivity contribution in [2.45, 2.75) is 30.1 Å². The number of nitrogens with two attached hydrogens (primary N) is 1. The van der Waals surface area contributed by atoms with Crippen LogP contribution in [0.2, 0.25) is 0 Å². The van der Waals surface area contributed by atoms with E-state index in [9.17, 15) is 4.79 Å². The first-order chi connectivity index (χ1) is 8.56. The highest BCUT2D eigenvalue weighted by atomic mass is 32.2. The lowest BCUT2D eigenvalue weighted by molar-refractivity contribution is 0.777. The summed E-state index contributed by atoms with van der Waals surface area (Å²) < 4.78 is 0. The van der Waals surface area contributed by atoms with Crippen molar-refractivity contribution in [1.29, 1.82) is 0 Å². The van der Waals surface area contributed by atoms with Crippen molar-refractivity contribution in [2.75, 3.05) is 0 Å². The standard InChI is InChI=1S/C12H14N4OS/c1-7-6-10(17)16-12(15-7)18-11-9(8(2)13)4-3-5-14-11/h3-6,8H,13H2,1-2H3,(H,15,16,17). The second-order valence-corrected chi connectivity index (χ2v) is 4.96. The third-order valence-corrected chi connectivity index (χ3v) is 3.25. The molecule has 18 heavy (non-hydrogen) atoms. The monoisotopic (exact) mass is 262 g/mol. The van der Waals surface area contributed by atoms with Crippen LogP contribution in [0.25, 0.3) is 0 Å². The molecule has 2 aromatic heterocycles. The van der Waals surface area contributed by atoms with E-state index in [-0.39, 0.29) is 11.6 Å². The number of rotatable bonds is 3. The Hall–Kier alpha value is -1.66. The molecule has 0 saturated heterocycles. The fraction of sp³-hybridized carbons (Fsp3) is 0.250. The molecular weight excluding hydrogens is 248 g/mol. The predicted octanol–water partition coefficient (Wildman–Crippen LogP) is 1.64. The summed E-state index contributed by atoms with van der Waals surface area (Å²) in [4.78, 5) is 22.6. The molecule has 0 amide bonds. The summed E-state index contributed by atoms with van der Waals surface area (Å²) in [6, 6.07) is 5.11. The van der Waals surface area contributed by atoms with E-state index >= 15 is 0 Å². The van der Waals surface area contributed by atoms with Gasteiger partial charge in [-0.15, -0.1) is 0 Å². The Kier molecular flexibility index (Phi) is 3.78. The largest absolute Gasteiger partial charge is 0.324 e. The maximum atomic E-state index is 11.4. The molecule has 0 aliphatic carbocycles. The van der Waals surface area contributed by atoms with Gasteiger partial charge < -0.3 is 10.7 Å². The van der Waals surface area contributed by atoms with Gasteiger partial charge in [-0.05, 0) is 31.7 Å². The normalized spacial score (nSPS) is 12.4. The van der Waals surface area contributed by atoms with Gasteiger partial charge in [0.05, 0.1) is 0 Å². The molecule has 5 nitrogen and oxygen atoms in total. The zero-order valence-corrected chi connectivity index (χ0v) is 11.0. The van der Waals surface area contributed by atoms with Crippen molar-refractivity contribution >= 4 is 11.8 Å². The summed E-state index contributed by atoms with van der Waals surface area (Å²) in [7, 11) is 0. The minimum absolute atomic E-state index is 0.113. The smallest absolute Gasteiger partial charge is 0.251 e. The van der Waals surface area contributed by atoms with Crippen molar-refractivity contribution in [3.8, 4) is 0 Å². The molecule has 1 unspecified atom stereocenters. The molecule has 0 saturated carbocycles. The van der Waals surface area contributed by atoms with Crippen LogP contribution >= 0.6 is 11.8 Å². The third kappa shape index (κ3) is 2.96. The molecule has 94 valence electrons. The summed E-state index contributed by atoms with van der Waals surface area (Å²) in [5.41, 5.74) is 7.34. The Labute approximate surface area is 109 Å². The van der Waals surface area contributed by atoms with Crippen LogP contribution in [-0.2, 0) is 0 Å². The maximum absolute atomic E-state index is 11.4. The Morgan fingerprint density at radius 2 is 2.28 bits per heavy atom. The lowest BCUT2D eigenvalue weighted by Gasteiger charge is -2.10. The van der Waals surface area contributed by atoms with Gasteiger partial charge in [0.1, 0.15) is 5.03 Å². The predicted molar refractivity (Wildman–Crippen MR) is 70.6 cm³/mol. The fourth-order valence-electron chi connectivity index (χ4n) is 1.53. The van der Waals surface area contributed by atoms with Gasteiger partial charge in [-0.2, -0.15) is 0 Å². The number of aromatic amines is 1. The van der Waals surface area contributed by atoms with Crippen LogP contribution < -0.4 is 11.3 Å². The van der Waals surface area contributed by atoms with E-state index in [4.69, 9.17) is 5.73 Å². The van der Waals surface area contributed by atoms with E-state index in [0.717, 1.165) is 10.6 Å². The van der Waals surface area contributed by atoms with Crippen molar-refractivity contribution < 1.29 is 0 Å². The zero-order chi connectivity index (χ0) is 13.1. The molecular formula is C12H14N4OS. The summed E-state index contributed by atoms with van der Waals surface area (Å²) in [5, 5.41) is 1.29. The first kappa shape index (κ1) is 12.8. The minimum atomic E-state index is -0.164. The zero-order valence-electron chi connectivity index (χ0n) is 10.2. The van der Waals surface area contributed by atoms with Gasteiger partial charge in [-0.25, -0.2) is 9.97 Å². The summed E-state index contributed by atoms with van der Waals surface area (Å²) >= 11 is 1.31. The maximum Gasteiger partial charge on any atom is 0.251 e. The first-order valence-corrected chi connectivity index (χ1v) is 6.34. The molecule has 0 fully saturated rings. The number of nitrogens with zero attached hydrogens (tertiary/aromatic N) is 2. The van der Waals surface area contributed by atoms with E-state index in [1.807, 2.05) is 19.1 Å². The molecule has 0 bridgehead atoms. The fourth-order valence-corrected chi connectivity index (χ4v) is 2.54. The Morgan fingerprint density at radius 1 is 1.50 bits per heavy atom. The number of H-pyrrole nitrogens is 1. The lowest BCUT2D eigenvalue weighted by atomic mass is 10.2. The van der Waals surface area contributed by atoms with E-state index in [1.54, 1.807) is 13.1 Å². The second-order valence-electron chi connectivity index (χ2n) is 3.98. The quantitative estimate of drug-likeness (QED) is 0.821. The first-order valence-electron chi connectivity index (χ1n) is 5.52. The Morgan fingerprint density at radius 3 is 2.94 bits per heavy atom. The molecule has 2 rings (SSSR count). The third-order valence-electron chi connectivity index (χ3n) is 2.33. The molecule has 0 aromatic carbocycles. The van der Waals surface area contributed by atoms with Gasteiger partial charge in [-0.3, -0.25) is 4.79 Å². The Bertz CT molecular complexity index is 609. The minimum Gasteiger partial charge on any atom is -0.324 e. The average Bonchev–Trinajstić information content (AvgIpc) is 2.27. The van der Waals surface area contributed by atoms with Crippen LogP contribution in [0.4, 0.5) is 0 Å². The average molecular weight is 262 g/mol. The lowest BCUT2D eigenvalue weighted by Crippen LogP contribution is -2.10. The van der Waals surface area contributed by atoms with Crippen molar-refractivity contribution in [3.05, 3.63) is 46.0 Å². The van der Waals surface area contributed by atoms with Crippen LogP contribution in [0.3, 0.4) is 0 Å². The van der Waals surface area contributed by atoms with Crippen LogP contribution in [0, 0.1) is 6.92 Å². The molecule has 0 aliphatic heterocycles. The highest BCUT2D eigenvalue weighted by molar-refractivity contribution is 7.99. The van der Waals surface area contributed by atoms with Gasteiger partial charge in [0.25, 0.3) is 5.56 Å². The van der Waals surface area contributed by atoms with Crippen molar-refractivity contribution in [1.82, 2.24) is 15.0 Å². The second kappa shape index (κ2) is 5.32. The van der Waals surface area contributed by atoms with Gasteiger partial charge in [-0.1, -0.05) is 6.07 Å². The molecule has 2 heterocycles. The van der Waals surface area contributed by atoms with E-state index in [2.05, 4.69) is 15.0 Å². The molecule has 0 radical (unpaired) electrons. The number of aromatic nitrogens is 3. The van der Waals surface area contributed by atoms with Gasteiger partial charge in [0.2, 0.25) is 0 Å². The van der Waals surface area contributed by atoms with Crippen molar-refractivity contribution in [3.63, 3.8) is 0 Å². The van der Waals surface area contributed by atoms with Gasteiger partial charge in [0.15, 0.2) is 5.16 Å². The number of aryl methyl sites for hydroxylation is 1. The summed E-state index contributed by atoms with van der Waals surface area (Å²) in [6.07, 6.45) is 1.70. The molecule has 6 heteroatoms. The van der Waals surface area contributed by atoms with Crippen LogP contribution in [0.15, 0.2) is 39.4 Å². The molecule has 3 N–H and O–H groups in total. The summed E-state index contributed by atoms with van der Waals surface area (Å²) in [6.45, 7) is 3.68. The summed E-state index contributed by atoms with van der Waals surface area (Å²) in [5.74, 6) is 0.